The van der Waals surface area contributed by atoms with E-state index in [9.17, 15) is 8.42 Å². The van der Waals surface area contributed by atoms with Crippen molar-refractivity contribution in [3.63, 3.8) is 0 Å². The molecule has 2 aromatic rings. The fraction of sp³-hybridized carbons (Fsp3) is 0.500. The zero-order chi connectivity index (χ0) is 17.3. The number of rotatable bonds is 5. The summed E-state index contributed by atoms with van der Waals surface area (Å²) >= 11 is 1.54. The summed E-state index contributed by atoms with van der Waals surface area (Å²) in [7, 11) is -3.27. The van der Waals surface area contributed by atoms with Crippen molar-refractivity contribution in [2.75, 3.05) is 12.3 Å². The first-order chi connectivity index (χ1) is 11.4. The standard InChI is InChI=1S/C18H24N2O2S2/c1-13-6-7-14(2)16(11-13)17-5-4-9-20(17)24(21,22)10-8-18-15(3)19-12-23-18/h6-7,11-12,17H,4-5,8-10H2,1-3H3. The summed E-state index contributed by atoms with van der Waals surface area (Å²) in [5.41, 5.74) is 6.24. The minimum Gasteiger partial charge on any atom is -0.250 e. The zero-order valence-electron chi connectivity index (χ0n) is 14.4. The minimum absolute atomic E-state index is 0.0162. The van der Waals surface area contributed by atoms with Gasteiger partial charge in [-0.25, -0.2) is 13.4 Å². The van der Waals surface area contributed by atoms with Crippen molar-refractivity contribution in [3.05, 3.63) is 51.0 Å². The molecule has 0 amide bonds. The molecule has 4 nitrogen and oxygen atoms in total. The lowest BCUT2D eigenvalue weighted by Crippen LogP contribution is -2.33. The van der Waals surface area contributed by atoms with Gasteiger partial charge in [0.1, 0.15) is 0 Å². The monoisotopic (exact) mass is 364 g/mol. The fourth-order valence-corrected chi connectivity index (χ4v) is 6.03. The van der Waals surface area contributed by atoms with Crippen LogP contribution in [0.5, 0.6) is 0 Å². The lowest BCUT2D eigenvalue weighted by molar-refractivity contribution is 0.395. The van der Waals surface area contributed by atoms with E-state index in [2.05, 4.69) is 37.0 Å². The topological polar surface area (TPSA) is 50.3 Å². The van der Waals surface area contributed by atoms with Crippen LogP contribution < -0.4 is 0 Å². The fourth-order valence-electron chi connectivity index (χ4n) is 3.41. The van der Waals surface area contributed by atoms with Crippen molar-refractivity contribution < 1.29 is 8.42 Å². The third-order valence-corrected chi connectivity index (χ3v) is 7.65. The first kappa shape index (κ1) is 17.6. The van der Waals surface area contributed by atoms with Crippen LogP contribution in [0.15, 0.2) is 23.7 Å². The molecule has 0 aliphatic carbocycles. The van der Waals surface area contributed by atoms with E-state index in [0.29, 0.717) is 13.0 Å². The van der Waals surface area contributed by atoms with E-state index in [0.717, 1.165) is 29.0 Å². The summed E-state index contributed by atoms with van der Waals surface area (Å²) in [5, 5.41) is 0. The number of nitrogens with zero attached hydrogens (tertiary/aromatic N) is 2. The molecule has 1 aromatic heterocycles. The molecule has 0 bridgehead atoms. The van der Waals surface area contributed by atoms with Gasteiger partial charge in [-0.3, -0.25) is 0 Å². The van der Waals surface area contributed by atoms with Gasteiger partial charge in [0.05, 0.1) is 23.0 Å². The summed E-state index contributed by atoms with van der Waals surface area (Å²) < 4.78 is 27.6. The third kappa shape index (κ3) is 3.55. The summed E-state index contributed by atoms with van der Waals surface area (Å²) in [6, 6.07) is 6.30. The Kier molecular flexibility index (Phi) is 5.08. The highest BCUT2D eigenvalue weighted by Crippen LogP contribution is 2.36. The lowest BCUT2D eigenvalue weighted by Gasteiger charge is -2.26. The van der Waals surface area contributed by atoms with Crippen LogP contribution in [-0.2, 0) is 16.4 Å². The number of sulfonamides is 1. The number of aryl methyl sites for hydroxylation is 4. The van der Waals surface area contributed by atoms with Gasteiger partial charge in [0.25, 0.3) is 0 Å². The van der Waals surface area contributed by atoms with Crippen LogP contribution in [0.25, 0.3) is 0 Å². The summed E-state index contributed by atoms with van der Waals surface area (Å²) in [4.78, 5) is 5.28. The van der Waals surface area contributed by atoms with E-state index in [4.69, 9.17) is 0 Å². The van der Waals surface area contributed by atoms with Crippen LogP contribution in [-0.4, -0.2) is 30.0 Å². The molecule has 1 aliphatic heterocycles. The molecule has 0 saturated carbocycles. The van der Waals surface area contributed by atoms with Gasteiger partial charge in [-0.15, -0.1) is 11.3 Å². The second-order valence-corrected chi connectivity index (χ2v) is 9.54. The maximum absolute atomic E-state index is 12.9. The largest absolute Gasteiger partial charge is 0.250 e. The van der Waals surface area contributed by atoms with Gasteiger partial charge in [-0.05, 0) is 51.2 Å². The Morgan fingerprint density at radius 2 is 2.08 bits per heavy atom. The van der Waals surface area contributed by atoms with E-state index in [1.54, 1.807) is 21.2 Å². The average molecular weight is 365 g/mol. The van der Waals surface area contributed by atoms with Crippen LogP contribution in [0.3, 0.4) is 0 Å². The van der Waals surface area contributed by atoms with Crippen molar-refractivity contribution in [1.29, 1.82) is 0 Å². The molecule has 1 aliphatic rings. The summed E-state index contributed by atoms with van der Waals surface area (Å²) in [6.45, 7) is 6.69. The smallest absolute Gasteiger partial charge is 0.215 e. The number of thiazole rings is 1. The lowest BCUT2D eigenvalue weighted by atomic mass is 9.98. The van der Waals surface area contributed by atoms with Crippen molar-refractivity contribution in [3.8, 4) is 0 Å². The second-order valence-electron chi connectivity index (χ2n) is 6.56. The Morgan fingerprint density at radius 3 is 2.79 bits per heavy atom. The zero-order valence-corrected chi connectivity index (χ0v) is 16.1. The molecule has 6 heteroatoms. The molecule has 0 spiro atoms. The first-order valence-corrected chi connectivity index (χ1v) is 10.8. The molecule has 1 atom stereocenters. The first-order valence-electron chi connectivity index (χ1n) is 8.34. The maximum Gasteiger partial charge on any atom is 0.215 e. The van der Waals surface area contributed by atoms with Gasteiger partial charge < -0.3 is 0 Å². The predicted octanol–water partition coefficient (Wildman–Crippen LogP) is 3.78. The van der Waals surface area contributed by atoms with E-state index in [1.165, 1.54) is 11.1 Å². The van der Waals surface area contributed by atoms with E-state index >= 15 is 0 Å². The molecular formula is C18H24N2O2S2. The van der Waals surface area contributed by atoms with Crippen LogP contribution in [0.1, 0.15) is 46.1 Å². The Hall–Kier alpha value is -1.24. The molecule has 2 heterocycles. The maximum atomic E-state index is 12.9. The summed E-state index contributed by atoms with van der Waals surface area (Å²) in [6.07, 6.45) is 2.38. The van der Waals surface area contributed by atoms with Gasteiger partial charge in [0.15, 0.2) is 0 Å². The number of benzene rings is 1. The molecule has 1 saturated heterocycles. The van der Waals surface area contributed by atoms with Gasteiger partial charge in [-0.2, -0.15) is 4.31 Å². The van der Waals surface area contributed by atoms with Crippen LogP contribution in [0.2, 0.25) is 0 Å². The number of hydrogen-bond donors (Lipinski definition) is 0. The Balaban J connectivity index is 1.81. The van der Waals surface area contributed by atoms with E-state index in [1.807, 2.05) is 6.92 Å². The predicted molar refractivity (Wildman–Crippen MR) is 98.9 cm³/mol. The number of aromatic nitrogens is 1. The molecule has 0 N–H and O–H groups in total. The Labute approximate surface area is 148 Å². The van der Waals surface area contributed by atoms with Crippen LogP contribution >= 0.6 is 11.3 Å². The highest BCUT2D eigenvalue weighted by Gasteiger charge is 2.35. The second kappa shape index (κ2) is 6.94. The Morgan fingerprint density at radius 1 is 1.29 bits per heavy atom. The van der Waals surface area contributed by atoms with E-state index in [-0.39, 0.29) is 11.8 Å². The quantitative estimate of drug-likeness (QED) is 0.811. The molecule has 0 radical (unpaired) electrons. The van der Waals surface area contributed by atoms with Crippen molar-refractivity contribution in [2.45, 2.75) is 46.1 Å². The molecular weight excluding hydrogens is 340 g/mol. The highest BCUT2D eigenvalue weighted by molar-refractivity contribution is 7.89. The van der Waals surface area contributed by atoms with Gasteiger partial charge in [0, 0.05) is 11.4 Å². The minimum atomic E-state index is -3.27. The van der Waals surface area contributed by atoms with E-state index < -0.39 is 10.0 Å². The van der Waals surface area contributed by atoms with Crippen molar-refractivity contribution in [2.24, 2.45) is 0 Å². The molecule has 3 rings (SSSR count). The highest BCUT2D eigenvalue weighted by atomic mass is 32.2. The molecule has 1 unspecified atom stereocenters. The molecule has 130 valence electrons. The molecule has 24 heavy (non-hydrogen) atoms. The van der Waals surface area contributed by atoms with Gasteiger partial charge >= 0.3 is 0 Å². The number of hydrogen-bond acceptors (Lipinski definition) is 4. The van der Waals surface area contributed by atoms with Gasteiger partial charge in [0.2, 0.25) is 10.0 Å². The normalized spacial score (nSPS) is 19.0. The Bertz CT molecular complexity index is 827. The molecule has 1 fully saturated rings. The van der Waals surface area contributed by atoms with Gasteiger partial charge in [-0.1, -0.05) is 23.8 Å². The van der Waals surface area contributed by atoms with Crippen LogP contribution in [0.4, 0.5) is 0 Å². The third-order valence-electron chi connectivity index (χ3n) is 4.79. The average Bonchev–Trinajstić information content (AvgIpc) is 3.17. The van der Waals surface area contributed by atoms with Crippen molar-refractivity contribution in [1.82, 2.24) is 9.29 Å². The summed E-state index contributed by atoms with van der Waals surface area (Å²) in [5.74, 6) is 0.164. The van der Waals surface area contributed by atoms with Crippen molar-refractivity contribution >= 4 is 21.4 Å². The van der Waals surface area contributed by atoms with Crippen LogP contribution in [0, 0.1) is 20.8 Å². The molecule has 1 aromatic carbocycles. The SMILES string of the molecule is Cc1ccc(C)c(C2CCCN2S(=O)(=O)CCc2scnc2C)c1.